The van der Waals surface area contributed by atoms with E-state index >= 15 is 0 Å². The highest BCUT2D eigenvalue weighted by atomic mass is 19.1. The van der Waals surface area contributed by atoms with Gasteiger partial charge in [0, 0.05) is 11.3 Å². The molecule has 5 rings (SSSR count). The van der Waals surface area contributed by atoms with Crippen LogP contribution in [0, 0.1) is 11.6 Å². The number of urea groups is 1. The molecule has 2 amide bonds. The lowest BCUT2D eigenvalue weighted by Gasteiger charge is -2.35. The molecule has 36 heavy (non-hydrogen) atoms. The predicted molar refractivity (Wildman–Crippen MR) is 128 cm³/mol. The van der Waals surface area contributed by atoms with E-state index in [1.54, 1.807) is 43.2 Å². The van der Waals surface area contributed by atoms with E-state index in [4.69, 9.17) is 9.26 Å². The average Bonchev–Trinajstić information content (AvgIpc) is 3.36. The highest BCUT2D eigenvalue weighted by Crippen LogP contribution is 2.38. The Hall–Kier alpha value is -4.53. The third kappa shape index (κ3) is 4.55. The van der Waals surface area contributed by atoms with Crippen LogP contribution in [0.4, 0.5) is 13.6 Å². The standard InChI is InChI=1S/C27H22F2N4O3/c1-16-23(26-31-25(32-36-26)18-9-11-20(28)12-10-18)24(19-6-4-7-21(29)14-19)30-27(34)33(16)15-17-5-3-8-22(13-17)35-2/h3-14,24H,15H2,1-2H3,(H,30,34). The number of amides is 2. The lowest BCUT2D eigenvalue weighted by molar-refractivity contribution is 0.203. The van der Waals surface area contributed by atoms with E-state index in [2.05, 4.69) is 15.5 Å². The number of halogens is 2. The van der Waals surface area contributed by atoms with Crippen LogP contribution in [0.5, 0.6) is 5.75 Å². The Morgan fingerprint density at radius 1 is 1.03 bits per heavy atom. The Labute approximate surface area is 206 Å². The van der Waals surface area contributed by atoms with Crippen LogP contribution in [0.1, 0.15) is 30.0 Å². The number of rotatable bonds is 6. The normalized spacial score (nSPS) is 15.7. The van der Waals surface area contributed by atoms with Crippen molar-refractivity contribution in [3.8, 4) is 17.1 Å². The number of carbonyl (C=O) groups is 1. The summed E-state index contributed by atoms with van der Waals surface area (Å²) in [6, 6.07) is 18.0. The maximum atomic E-state index is 14.1. The van der Waals surface area contributed by atoms with Gasteiger partial charge in [-0.15, -0.1) is 0 Å². The number of ether oxygens (including phenoxy) is 1. The van der Waals surface area contributed by atoms with Crippen molar-refractivity contribution in [2.24, 2.45) is 0 Å². The Kier molecular flexibility index (Phi) is 6.20. The zero-order valence-electron chi connectivity index (χ0n) is 19.5. The topological polar surface area (TPSA) is 80.5 Å². The van der Waals surface area contributed by atoms with Gasteiger partial charge in [-0.3, -0.25) is 4.90 Å². The second kappa shape index (κ2) is 9.61. The first-order chi connectivity index (χ1) is 17.4. The molecule has 1 N–H and O–H groups in total. The summed E-state index contributed by atoms with van der Waals surface area (Å²) in [7, 11) is 1.58. The zero-order valence-corrected chi connectivity index (χ0v) is 19.5. The molecule has 1 aliphatic heterocycles. The van der Waals surface area contributed by atoms with Crippen LogP contribution in [0.25, 0.3) is 17.0 Å². The maximum absolute atomic E-state index is 14.1. The van der Waals surface area contributed by atoms with E-state index in [1.165, 1.54) is 24.3 Å². The molecule has 0 fully saturated rings. The number of methoxy groups -OCH3 is 1. The number of hydrogen-bond acceptors (Lipinski definition) is 5. The smallest absolute Gasteiger partial charge is 0.322 e. The van der Waals surface area contributed by atoms with Crippen molar-refractivity contribution in [2.75, 3.05) is 7.11 Å². The summed E-state index contributed by atoms with van der Waals surface area (Å²) in [6.45, 7) is 2.04. The quantitative estimate of drug-likeness (QED) is 0.375. The second-order valence-corrected chi connectivity index (χ2v) is 8.30. The molecule has 1 unspecified atom stereocenters. The first-order valence-electron chi connectivity index (χ1n) is 11.2. The molecule has 0 bridgehead atoms. The number of nitrogens with one attached hydrogen (secondary N) is 1. The Balaban J connectivity index is 1.59. The van der Waals surface area contributed by atoms with Crippen molar-refractivity contribution in [3.05, 3.63) is 107 Å². The highest BCUT2D eigenvalue weighted by Gasteiger charge is 2.36. The van der Waals surface area contributed by atoms with Crippen LogP contribution in [-0.4, -0.2) is 28.2 Å². The Bertz CT molecular complexity index is 1450. The summed E-state index contributed by atoms with van der Waals surface area (Å²) in [5.74, 6) is 0.284. The third-order valence-corrected chi connectivity index (χ3v) is 6.01. The van der Waals surface area contributed by atoms with Gasteiger partial charge in [-0.2, -0.15) is 4.98 Å². The minimum absolute atomic E-state index is 0.164. The number of hydrogen-bond donors (Lipinski definition) is 1. The first kappa shape index (κ1) is 23.2. The largest absolute Gasteiger partial charge is 0.497 e. The molecule has 1 aromatic heterocycles. The fraction of sp³-hybridized carbons (Fsp3) is 0.148. The molecule has 0 saturated heterocycles. The molecule has 3 aromatic carbocycles. The molecule has 9 heteroatoms. The van der Waals surface area contributed by atoms with Crippen molar-refractivity contribution in [1.29, 1.82) is 0 Å². The van der Waals surface area contributed by atoms with Gasteiger partial charge in [-0.05, 0) is 66.6 Å². The van der Waals surface area contributed by atoms with Crippen molar-refractivity contribution in [1.82, 2.24) is 20.4 Å². The fourth-order valence-corrected chi connectivity index (χ4v) is 4.19. The van der Waals surface area contributed by atoms with Gasteiger partial charge in [0.25, 0.3) is 5.89 Å². The van der Waals surface area contributed by atoms with Crippen LogP contribution in [-0.2, 0) is 6.54 Å². The molecule has 1 atom stereocenters. The van der Waals surface area contributed by atoms with E-state index in [1.807, 2.05) is 24.3 Å². The SMILES string of the molecule is COc1cccc(CN2C(=O)NC(c3cccc(F)c3)C(c3nc(-c4ccc(F)cc4)no3)=C2C)c1. The highest BCUT2D eigenvalue weighted by molar-refractivity contribution is 5.86. The number of benzene rings is 3. The molecule has 7 nitrogen and oxygen atoms in total. The summed E-state index contributed by atoms with van der Waals surface area (Å²) < 4.78 is 38.4. The summed E-state index contributed by atoms with van der Waals surface area (Å²) >= 11 is 0. The number of aromatic nitrogens is 2. The van der Waals surface area contributed by atoms with Gasteiger partial charge >= 0.3 is 6.03 Å². The molecule has 1 aliphatic rings. The summed E-state index contributed by atoms with van der Waals surface area (Å²) in [4.78, 5) is 19.3. The van der Waals surface area contributed by atoms with Crippen molar-refractivity contribution in [3.63, 3.8) is 0 Å². The fourth-order valence-electron chi connectivity index (χ4n) is 4.19. The molecular formula is C27H22F2N4O3. The van der Waals surface area contributed by atoms with E-state index in [9.17, 15) is 13.6 Å². The minimum Gasteiger partial charge on any atom is -0.497 e. The van der Waals surface area contributed by atoms with Crippen molar-refractivity contribution in [2.45, 2.75) is 19.5 Å². The number of allylic oxidation sites excluding steroid dienone is 1. The molecule has 2 heterocycles. The number of carbonyl (C=O) groups excluding carboxylic acids is 1. The summed E-state index contributed by atoms with van der Waals surface area (Å²) in [5, 5.41) is 7.01. The van der Waals surface area contributed by atoms with Gasteiger partial charge in [-0.25, -0.2) is 13.6 Å². The molecule has 0 spiro atoms. The summed E-state index contributed by atoms with van der Waals surface area (Å²) in [6.07, 6.45) is 0. The maximum Gasteiger partial charge on any atom is 0.322 e. The van der Waals surface area contributed by atoms with Crippen molar-refractivity contribution >= 4 is 11.6 Å². The molecule has 0 saturated carbocycles. The first-order valence-corrected chi connectivity index (χ1v) is 11.2. The van der Waals surface area contributed by atoms with Crippen LogP contribution in [0.15, 0.2) is 83.0 Å². The number of nitrogens with zero attached hydrogens (tertiary/aromatic N) is 3. The van der Waals surface area contributed by atoms with E-state index in [-0.39, 0.29) is 30.1 Å². The van der Waals surface area contributed by atoms with Gasteiger partial charge in [0.2, 0.25) is 5.82 Å². The minimum atomic E-state index is -0.726. The van der Waals surface area contributed by atoms with E-state index in [0.29, 0.717) is 28.1 Å². The molecular weight excluding hydrogens is 466 g/mol. The monoisotopic (exact) mass is 488 g/mol. The molecule has 182 valence electrons. The van der Waals surface area contributed by atoms with E-state index < -0.39 is 11.9 Å². The van der Waals surface area contributed by atoms with Crippen LogP contribution in [0.2, 0.25) is 0 Å². The van der Waals surface area contributed by atoms with Crippen LogP contribution in [0.3, 0.4) is 0 Å². The van der Waals surface area contributed by atoms with Gasteiger partial charge in [-0.1, -0.05) is 29.4 Å². The van der Waals surface area contributed by atoms with Crippen LogP contribution < -0.4 is 10.1 Å². The lowest BCUT2D eigenvalue weighted by atomic mass is 9.94. The molecule has 0 radical (unpaired) electrons. The van der Waals surface area contributed by atoms with Crippen molar-refractivity contribution < 1.29 is 22.8 Å². The Morgan fingerprint density at radius 3 is 2.56 bits per heavy atom. The summed E-state index contributed by atoms with van der Waals surface area (Å²) in [5.41, 5.74) is 3.05. The average molecular weight is 488 g/mol. The van der Waals surface area contributed by atoms with Crippen LogP contribution >= 0.6 is 0 Å². The van der Waals surface area contributed by atoms with E-state index in [0.717, 1.165) is 5.56 Å². The zero-order chi connectivity index (χ0) is 25.2. The predicted octanol–water partition coefficient (Wildman–Crippen LogP) is 5.72. The Morgan fingerprint density at radius 2 is 1.81 bits per heavy atom. The van der Waals surface area contributed by atoms with Gasteiger partial charge < -0.3 is 14.6 Å². The van der Waals surface area contributed by atoms with Gasteiger partial charge in [0.15, 0.2) is 0 Å². The molecule has 4 aromatic rings. The molecule has 0 aliphatic carbocycles. The lowest BCUT2D eigenvalue weighted by Crippen LogP contribution is -2.45. The second-order valence-electron chi connectivity index (χ2n) is 8.30. The van der Waals surface area contributed by atoms with Gasteiger partial charge in [0.1, 0.15) is 17.4 Å². The third-order valence-electron chi connectivity index (χ3n) is 6.01. The van der Waals surface area contributed by atoms with Gasteiger partial charge in [0.05, 0.1) is 25.3 Å².